The normalized spacial score (nSPS) is 13.7. The fraction of sp³-hybridized carbons (Fsp3) is 0.182. The zero-order valence-electron chi connectivity index (χ0n) is 41.8. The summed E-state index contributed by atoms with van der Waals surface area (Å²) in [5.74, 6) is 0. The predicted octanol–water partition coefficient (Wildman–Crippen LogP) is 16.9. The molecule has 3 aliphatic heterocycles. The van der Waals surface area contributed by atoms with Gasteiger partial charge >= 0.3 is 6.85 Å². The molecule has 0 saturated heterocycles. The van der Waals surface area contributed by atoms with Gasteiger partial charge < -0.3 is 14.3 Å². The van der Waals surface area contributed by atoms with Crippen molar-refractivity contribution in [3.63, 3.8) is 0 Å². The van der Waals surface area contributed by atoms with Crippen molar-refractivity contribution in [1.82, 2.24) is 4.48 Å². The molecule has 4 heterocycles. The molecule has 13 rings (SSSR count). The van der Waals surface area contributed by atoms with Crippen LogP contribution in [0.4, 0.5) is 34.1 Å². The first-order chi connectivity index (χ1) is 33.7. The van der Waals surface area contributed by atoms with Crippen molar-refractivity contribution >= 4 is 73.6 Å². The summed E-state index contributed by atoms with van der Waals surface area (Å²) >= 11 is 0. The predicted molar refractivity (Wildman–Crippen MR) is 301 cm³/mol. The molecule has 0 aliphatic carbocycles. The minimum Gasteiger partial charge on any atom is -0.375 e. The van der Waals surface area contributed by atoms with E-state index in [-0.39, 0.29) is 23.1 Å². The Balaban J connectivity index is 1.27. The number of nitrogens with zero attached hydrogens (tertiary/aromatic N) is 3. The van der Waals surface area contributed by atoms with Gasteiger partial charge in [-0.25, -0.2) is 0 Å². The Morgan fingerprint density at radius 3 is 1.63 bits per heavy atom. The number of rotatable bonds is 4. The summed E-state index contributed by atoms with van der Waals surface area (Å²) in [5, 5.41) is 3.81. The van der Waals surface area contributed by atoms with E-state index in [1.165, 1.54) is 117 Å². The van der Waals surface area contributed by atoms with Gasteiger partial charge in [0.15, 0.2) is 0 Å². The minimum absolute atomic E-state index is 0.00903. The standard InChI is InChI=1S/C66H58BN3/c1-64(2,3)43-32-34-47(35-33-43)69-57-39-45(66(7,8)9)36-51-52-37-44(65(4,5)6)38-53-58(41-22-13-10-14-23-41)61(42-24-15-11-16-25-42)70(62(52)53)67(60(51)57)54-40-56-59-49(29-21-30-50(59)63(54)69)48-28-19-20-31-55(48)68(56)46-26-17-12-18-27-46/h10-40H,1-9H3. The molecule has 4 heteroatoms. The second-order valence-corrected chi connectivity index (χ2v) is 23.0. The van der Waals surface area contributed by atoms with Crippen LogP contribution in [0.2, 0.25) is 0 Å². The summed E-state index contributed by atoms with van der Waals surface area (Å²) in [6.07, 6.45) is 0. The molecule has 0 N–H and O–H groups in total. The van der Waals surface area contributed by atoms with Crippen molar-refractivity contribution in [2.45, 2.75) is 78.6 Å². The van der Waals surface area contributed by atoms with Gasteiger partial charge in [-0.15, -0.1) is 0 Å². The van der Waals surface area contributed by atoms with Crippen molar-refractivity contribution in [2.75, 3.05) is 9.80 Å². The van der Waals surface area contributed by atoms with Crippen molar-refractivity contribution in [3.8, 4) is 44.6 Å². The van der Waals surface area contributed by atoms with Crippen molar-refractivity contribution < 1.29 is 0 Å². The van der Waals surface area contributed by atoms with Gasteiger partial charge in [0.05, 0.1) is 17.1 Å². The van der Waals surface area contributed by atoms with E-state index in [1.807, 2.05) is 0 Å². The SMILES string of the molecule is CC(C)(C)c1ccc(N2c3cc(C(C)(C)C)cc4c3B(c3cc5c6c(cccc6c32)-c2ccccc2N5c2ccccc2)n2c(-c3ccccc3)c(-c3ccccc3)c3cc(C(C)(C)C)cc-4c32)cc1. The number of para-hydroxylation sites is 2. The molecule has 0 saturated carbocycles. The molecule has 70 heavy (non-hydrogen) atoms. The molecule has 0 atom stereocenters. The molecule has 10 aromatic rings. The third-order valence-corrected chi connectivity index (χ3v) is 15.5. The van der Waals surface area contributed by atoms with Gasteiger partial charge in [0.2, 0.25) is 0 Å². The van der Waals surface area contributed by atoms with E-state index in [1.54, 1.807) is 0 Å². The lowest BCUT2D eigenvalue weighted by Gasteiger charge is -2.44. The Morgan fingerprint density at radius 1 is 0.386 bits per heavy atom. The molecule has 0 radical (unpaired) electrons. The van der Waals surface area contributed by atoms with Crippen LogP contribution in [0.5, 0.6) is 0 Å². The summed E-state index contributed by atoms with van der Waals surface area (Å²) in [6, 6.07) is 71.7. The molecule has 0 fully saturated rings. The summed E-state index contributed by atoms with van der Waals surface area (Å²) in [7, 11) is 0. The van der Waals surface area contributed by atoms with E-state index in [2.05, 4.69) is 265 Å². The fourth-order valence-electron chi connectivity index (χ4n) is 12.0. The molecule has 3 nitrogen and oxygen atoms in total. The van der Waals surface area contributed by atoms with Crippen LogP contribution in [0.3, 0.4) is 0 Å². The molecule has 3 aliphatic rings. The highest BCUT2D eigenvalue weighted by molar-refractivity contribution is 6.90. The molecule has 0 unspecified atom stereocenters. The minimum atomic E-state index is -0.179. The number of benzene rings is 9. The van der Waals surface area contributed by atoms with E-state index >= 15 is 0 Å². The first kappa shape index (κ1) is 42.5. The average molecular weight is 904 g/mol. The number of hydrogen-bond donors (Lipinski definition) is 0. The molecule has 0 spiro atoms. The highest BCUT2D eigenvalue weighted by Crippen LogP contribution is 2.56. The number of hydrogen-bond acceptors (Lipinski definition) is 2. The van der Waals surface area contributed by atoms with Crippen LogP contribution in [0.1, 0.15) is 79.0 Å². The van der Waals surface area contributed by atoms with E-state index < -0.39 is 0 Å². The quantitative estimate of drug-likeness (QED) is 0.163. The Kier molecular flexibility index (Phi) is 9.10. The third-order valence-electron chi connectivity index (χ3n) is 15.5. The monoisotopic (exact) mass is 903 g/mol. The third kappa shape index (κ3) is 6.21. The summed E-state index contributed by atoms with van der Waals surface area (Å²) < 4.78 is 2.78. The molecule has 1 aromatic heterocycles. The first-order valence-electron chi connectivity index (χ1n) is 25.1. The maximum Gasteiger partial charge on any atom is 0.333 e. The Morgan fingerprint density at radius 2 is 0.957 bits per heavy atom. The van der Waals surface area contributed by atoms with Gasteiger partial charge in [-0.3, -0.25) is 0 Å². The molecule has 0 amide bonds. The van der Waals surface area contributed by atoms with E-state index in [0.29, 0.717) is 0 Å². The molecule has 9 aromatic carbocycles. The molecule has 340 valence electrons. The van der Waals surface area contributed by atoms with Crippen molar-refractivity contribution in [1.29, 1.82) is 0 Å². The Bertz CT molecular complexity index is 3750. The lowest BCUT2D eigenvalue weighted by atomic mass is 9.44. The first-order valence-corrected chi connectivity index (χ1v) is 25.1. The highest BCUT2D eigenvalue weighted by Gasteiger charge is 2.47. The maximum absolute atomic E-state index is 2.78. The number of aromatic nitrogens is 1. The summed E-state index contributed by atoms with van der Waals surface area (Å²) in [5.41, 5.74) is 25.0. The summed E-state index contributed by atoms with van der Waals surface area (Å²) in [6.45, 7) is 21.0. The van der Waals surface area contributed by atoms with Crippen LogP contribution in [0.15, 0.2) is 188 Å². The second-order valence-electron chi connectivity index (χ2n) is 23.0. The van der Waals surface area contributed by atoms with E-state index in [9.17, 15) is 0 Å². The van der Waals surface area contributed by atoms with Gasteiger partial charge in [-0.05, 0) is 121 Å². The van der Waals surface area contributed by atoms with Crippen LogP contribution < -0.4 is 20.7 Å². The van der Waals surface area contributed by atoms with Gasteiger partial charge in [0, 0.05) is 61.1 Å². The van der Waals surface area contributed by atoms with E-state index in [4.69, 9.17) is 0 Å². The lowest BCUT2D eigenvalue weighted by molar-refractivity contribution is 0.589. The maximum atomic E-state index is 2.78. The number of anilines is 6. The van der Waals surface area contributed by atoms with Crippen LogP contribution in [-0.2, 0) is 16.2 Å². The van der Waals surface area contributed by atoms with Crippen LogP contribution in [0.25, 0.3) is 66.3 Å². The zero-order chi connectivity index (χ0) is 48.0. The zero-order valence-corrected chi connectivity index (χ0v) is 41.8. The Hall–Kier alpha value is -7.56. The molecule has 0 bridgehead atoms. The fourth-order valence-corrected chi connectivity index (χ4v) is 12.0. The van der Waals surface area contributed by atoms with Crippen molar-refractivity contribution in [2.24, 2.45) is 0 Å². The van der Waals surface area contributed by atoms with Gasteiger partial charge in [-0.2, -0.15) is 0 Å². The highest BCUT2D eigenvalue weighted by atomic mass is 15.2. The van der Waals surface area contributed by atoms with Gasteiger partial charge in [0.25, 0.3) is 0 Å². The van der Waals surface area contributed by atoms with E-state index in [0.717, 1.165) is 11.4 Å². The largest absolute Gasteiger partial charge is 0.375 e. The smallest absolute Gasteiger partial charge is 0.333 e. The number of fused-ring (bicyclic) bond motifs is 7. The average Bonchev–Trinajstić information content (AvgIpc) is 3.70. The van der Waals surface area contributed by atoms with Crippen LogP contribution in [-0.4, -0.2) is 11.3 Å². The topological polar surface area (TPSA) is 11.4 Å². The van der Waals surface area contributed by atoms with Crippen molar-refractivity contribution in [3.05, 3.63) is 205 Å². The Labute approximate surface area is 413 Å². The molecular weight excluding hydrogens is 846 g/mol. The van der Waals surface area contributed by atoms with Gasteiger partial charge in [-0.1, -0.05) is 196 Å². The lowest BCUT2D eigenvalue weighted by Crippen LogP contribution is -2.57. The van der Waals surface area contributed by atoms with Gasteiger partial charge in [0.1, 0.15) is 0 Å². The van der Waals surface area contributed by atoms with Crippen LogP contribution >= 0.6 is 0 Å². The molecular formula is C66H58BN3. The second kappa shape index (κ2) is 15.0. The van der Waals surface area contributed by atoms with Crippen LogP contribution in [0, 0.1) is 0 Å². The summed E-state index contributed by atoms with van der Waals surface area (Å²) in [4.78, 5) is 5.18.